The minimum absolute atomic E-state index is 0.716. The summed E-state index contributed by atoms with van der Waals surface area (Å²) in [5.74, 6) is 0.942. The molecule has 0 N–H and O–H groups in total. The number of allylic oxidation sites excluding steroid dienone is 1. The second kappa shape index (κ2) is 5.95. The molecule has 0 fully saturated rings. The Morgan fingerprint density at radius 2 is 2.10 bits per heavy atom. The van der Waals surface area contributed by atoms with Gasteiger partial charge in [-0.3, -0.25) is 4.90 Å². The zero-order valence-electron chi connectivity index (χ0n) is 12.3. The number of aryl methyl sites for hydroxylation is 1. The topological polar surface area (TPSA) is 26.0 Å². The van der Waals surface area contributed by atoms with Crippen LogP contribution in [0.15, 0.2) is 36.9 Å². The van der Waals surface area contributed by atoms with Gasteiger partial charge in [-0.25, -0.2) is 4.68 Å². The van der Waals surface area contributed by atoms with Crippen molar-refractivity contribution in [3.8, 4) is 0 Å². The Labute approximate surface area is 130 Å². The standard InChI is InChI=1S/C16H20N4S/c1-3-9-19-13(2)17-20(16(19)21)12-18-10-8-14-6-4-5-7-15(14)11-18/h3-7H,1,8-12H2,2H3. The highest BCUT2D eigenvalue weighted by molar-refractivity contribution is 7.71. The van der Waals surface area contributed by atoms with Gasteiger partial charge in [-0.15, -0.1) is 6.58 Å². The summed E-state index contributed by atoms with van der Waals surface area (Å²) in [6.07, 6.45) is 2.95. The van der Waals surface area contributed by atoms with Crippen LogP contribution >= 0.6 is 12.2 Å². The van der Waals surface area contributed by atoms with Crippen molar-refractivity contribution in [2.24, 2.45) is 0 Å². The van der Waals surface area contributed by atoms with E-state index in [1.165, 1.54) is 11.1 Å². The molecule has 2 aromatic rings. The van der Waals surface area contributed by atoms with E-state index in [0.717, 1.165) is 36.8 Å². The Hall–Kier alpha value is -1.72. The second-order valence-corrected chi connectivity index (χ2v) is 5.81. The van der Waals surface area contributed by atoms with Crippen molar-refractivity contribution in [3.05, 3.63) is 58.6 Å². The third kappa shape index (κ3) is 2.84. The summed E-state index contributed by atoms with van der Waals surface area (Å²) in [6.45, 7) is 9.24. The molecule has 0 saturated carbocycles. The van der Waals surface area contributed by atoms with Crippen molar-refractivity contribution in [2.45, 2.75) is 33.1 Å². The van der Waals surface area contributed by atoms with Gasteiger partial charge in [-0.2, -0.15) is 5.10 Å². The van der Waals surface area contributed by atoms with Crippen molar-refractivity contribution in [1.82, 2.24) is 19.2 Å². The molecule has 21 heavy (non-hydrogen) atoms. The molecule has 0 unspecified atom stereocenters. The minimum Gasteiger partial charge on any atom is -0.300 e. The van der Waals surface area contributed by atoms with E-state index in [1.807, 2.05) is 22.2 Å². The third-order valence-electron chi connectivity index (χ3n) is 3.96. The molecule has 0 saturated heterocycles. The van der Waals surface area contributed by atoms with Gasteiger partial charge in [0, 0.05) is 19.6 Å². The molecule has 5 heteroatoms. The fourth-order valence-corrected chi connectivity index (χ4v) is 3.15. The first-order chi connectivity index (χ1) is 10.2. The molecule has 1 aromatic heterocycles. The predicted molar refractivity (Wildman–Crippen MR) is 86.5 cm³/mol. The Bertz CT molecular complexity index is 713. The molecule has 0 amide bonds. The molecule has 0 spiro atoms. The molecular formula is C16H20N4S. The highest BCUT2D eigenvalue weighted by atomic mass is 32.1. The molecule has 0 aliphatic carbocycles. The van der Waals surface area contributed by atoms with Gasteiger partial charge in [0.2, 0.25) is 0 Å². The van der Waals surface area contributed by atoms with E-state index in [4.69, 9.17) is 12.2 Å². The normalized spacial score (nSPS) is 14.9. The monoisotopic (exact) mass is 300 g/mol. The van der Waals surface area contributed by atoms with Gasteiger partial charge in [0.05, 0.1) is 6.67 Å². The second-order valence-electron chi connectivity index (χ2n) is 5.44. The Kier molecular flexibility index (Phi) is 4.03. The van der Waals surface area contributed by atoms with Gasteiger partial charge in [0.15, 0.2) is 4.77 Å². The Morgan fingerprint density at radius 1 is 1.33 bits per heavy atom. The van der Waals surface area contributed by atoms with Crippen molar-refractivity contribution in [2.75, 3.05) is 6.54 Å². The SMILES string of the molecule is C=CCn1c(C)nn(CN2CCc3ccccc3C2)c1=S. The molecule has 0 bridgehead atoms. The molecule has 4 nitrogen and oxygen atoms in total. The zero-order valence-corrected chi connectivity index (χ0v) is 13.1. The first-order valence-electron chi connectivity index (χ1n) is 7.23. The van der Waals surface area contributed by atoms with Crippen LogP contribution in [0.25, 0.3) is 0 Å². The van der Waals surface area contributed by atoms with Crippen LogP contribution in [0, 0.1) is 11.7 Å². The van der Waals surface area contributed by atoms with Gasteiger partial charge in [0.25, 0.3) is 0 Å². The summed E-state index contributed by atoms with van der Waals surface area (Å²) in [4.78, 5) is 2.39. The van der Waals surface area contributed by atoms with Crippen LogP contribution in [0.5, 0.6) is 0 Å². The highest BCUT2D eigenvalue weighted by Gasteiger charge is 2.17. The molecule has 0 radical (unpaired) electrons. The van der Waals surface area contributed by atoms with Crippen LogP contribution < -0.4 is 0 Å². The van der Waals surface area contributed by atoms with Crippen LogP contribution in [-0.4, -0.2) is 25.8 Å². The number of aromatic nitrogens is 3. The maximum absolute atomic E-state index is 5.51. The van der Waals surface area contributed by atoms with E-state index >= 15 is 0 Å². The fourth-order valence-electron chi connectivity index (χ4n) is 2.84. The third-order valence-corrected chi connectivity index (χ3v) is 4.39. The van der Waals surface area contributed by atoms with Gasteiger partial charge in [-0.05, 0) is 36.7 Å². The summed E-state index contributed by atoms with van der Waals surface area (Å²) in [6, 6.07) is 8.66. The summed E-state index contributed by atoms with van der Waals surface area (Å²) in [5.41, 5.74) is 2.88. The van der Waals surface area contributed by atoms with E-state index in [9.17, 15) is 0 Å². The average Bonchev–Trinajstić information content (AvgIpc) is 2.75. The van der Waals surface area contributed by atoms with E-state index in [1.54, 1.807) is 0 Å². The molecule has 110 valence electrons. The number of fused-ring (bicyclic) bond motifs is 1. The average molecular weight is 300 g/mol. The predicted octanol–water partition coefficient (Wildman–Crippen LogP) is 2.92. The van der Waals surface area contributed by atoms with Gasteiger partial charge >= 0.3 is 0 Å². The van der Waals surface area contributed by atoms with E-state index in [-0.39, 0.29) is 0 Å². The van der Waals surface area contributed by atoms with Crippen molar-refractivity contribution >= 4 is 12.2 Å². The highest BCUT2D eigenvalue weighted by Crippen LogP contribution is 2.19. The summed E-state index contributed by atoms with van der Waals surface area (Å²) >= 11 is 5.51. The molecule has 1 aliphatic rings. The van der Waals surface area contributed by atoms with E-state index < -0.39 is 0 Å². The van der Waals surface area contributed by atoms with Crippen molar-refractivity contribution < 1.29 is 0 Å². The quantitative estimate of drug-likeness (QED) is 0.641. The maximum atomic E-state index is 5.51. The molecule has 3 rings (SSSR count). The molecular weight excluding hydrogens is 280 g/mol. The number of rotatable bonds is 4. The van der Waals surface area contributed by atoms with Gasteiger partial charge < -0.3 is 4.57 Å². The van der Waals surface area contributed by atoms with E-state index in [2.05, 4.69) is 40.8 Å². The minimum atomic E-state index is 0.716. The van der Waals surface area contributed by atoms with Crippen LogP contribution in [0.4, 0.5) is 0 Å². The van der Waals surface area contributed by atoms with Crippen LogP contribution in [0.2, 0.25) is 0 Å². The van der Waals surface area contributed by atoms with Crippen LogP contribution in [-0.2, 0) is 26.2 Å². The van der Waals surface area contributed by atoms with Crippen LogP contribution in [0.3, 0.4) is 0 Å². The first kappa shape index (κ1) is 14.2. The lowest BCUT2D eigenvalue weighted by Gasteiger charge is -2.28. The van der Waals surface area contributed by atoms with Crippen molar-refractivity contribution in [1.29, 1.82) is 0 Å². The van der Waals surface area contributed by atoms with E-state index in [0.29, 0.717) is 6.54 Å². The number of benzene rings is 1. The van der Waals surface area contributed by atoms with Crippen molar-refractivity contribution in [3.63, 3.8) is 0 Å². The van der Waals surface area contributed by atoms with Gasteiger partial charge in [0.1, 0.15) is 5.82 Å². The first-order valence-corrected chi connectivity index (χ1v) is 7.64. The number of hydrogen-bond acceptors (Lipinski definition) is 3. The lowest BCUT2D eigenvalue weighted by Crippen LogP contribution is -2.32. The summed E-state index contributed by atoms with van der Waals surface area (Å²) in [7, 11) is 0. The fraction of sp³-hybridized carbons (Fsp3) is 0.375. The Morgan fingerprint density at radius 3 is 2.86 bits per heavy atom. The lowest BCUT2D eigenvalue weighted by atomic mass is 10.0. The van der Waals surface area contributed by atoms with Crippen LogP contribution in [0.1, 0.15) is 17.0 Å². The smallest absolute Gasteiger partial charge is 0.199 e. The molecule has 0 atom stereocenters. The summed E-state index contributed by atoms with van der Waals surface area (Å²) in [5, 5.41) is 4.56. The van der Waals surface area contributed by atoms with Gasteiger partial charge in [-0.1, -0.05) is 30.3 Å². The zero-order chi connectivity index (χ0) is 14.8. The maximum Gasteiger partial charge on any atom is 0.199 e. The lowest BCUT2D eigenvalue weighted by molar-refractivity contribution is 0.188. The number of nitrogens with zero attached hydrogens (tertiary/aromatic N) is 4. The molecule has 1 aromatic carbocycles. The molecule has 1 aliphatic heterocycles. The Balaban J connectivity index is 1.78. The molecule has 2 heterocycles. The number of hydrogen-bond donors (Lipinski definition) is 0. The summed E-state index contributed by atoms with van der Waals surface area (Å²) < 4.78 is 4.70. The largest absolute Gasteiger partial charge is 0.300 e.